The van der Waals surface area contributed by atoms with Gasteiger partial charge in [0.05, 0.1) is 16.7 Å². The van der Waals surface area contributed by atoms with Crippen molar-refractivity contribution in [1.29, 1.82) is 0 Å². The maximum absolute atomic E-state index is 6.05. The highest BCUT2D eigenvalue weighted by Gasteiger charge is 2.31. The minimum absolute atomic E-state index is 0.250. The molecule has 1 aliphatic rings. The molecule has 1 N–H and O–H groups in total. The number of halogens is 2. The van der Waals surface area contributed by atoms with Gasteiger partial charge in [-0.2, -0.15) is 0 Å². The van der Waals surface area contributed by atoms with E-state index >= 15 is 0 Å². The number of ether oxygens (including phenoxy) is 1. The molecule has 2 atom stereocenters. The number of nitrogens with one attached hydrogen (secondary N) is 1. The normalized spacial score (nSPS) is 18.7. The van der Waals surface area contributed by atoms with E-state index in [4.69, 9.17) is 27.9 Å². The van der Waals surface area contributed by atoms with Crippen LogP contribution in [0.2, 0.25) is 10.0 Å². The summed E-state index contributed by atoms with van der Waals surface area (Å²) in [5, 5.41) is 4.83. The van der Waals surface area contributed by atoms with Gasteiger partial charge in [-0.05, 0) is 43.4 Å². The molecule has 1 aromatic carbocycles. The van der Waals surface area contributed by atoms with E-state index in [1.807, 2.05) is 18.2 Å². The quantitative estimate of drug-likeness (QED) is 0.852. The molecule has 0 spiro atoms. The average molecular weight is 288 g/mol. The van der Waals surface area contributed by atoms with Crippen LogP contribution >= 0.6 is 23.2 Å². The van der Waals surface area contributed by atoms with Crippen molar-refractivity contribution >= 4 is 23.2 Å². The van der Waals surface area contributed by atoms with Gasteiger partial charge < -0.3 is 10.1 Å². The average Bonchev–Trinajstić information content (AvgIpc) is 3.16. The molecule has 2 nitrogen and oxygen atoms in total. The Morgan fingerprint density at radius 2 is 2.06 bits per heavy atom. The molecule has 2 rings (SSSR count). The van der Waals surface area contributed by atoms with Crippen LogP contribution in [0.25, 0.3) is 0 Å². The maximum Gasteiger partial charge on any atom is 0.0618 e. The lowest BCUT2D eigenvalue weighted by molar-refractivity contribution is 0.152. The molecule has 0 radical (unpaired) electrons. The van der Waals surface area contributed by atoms with E-state index in [1.165, 1.54) is 12.8 Å². The van der Waals surface area contributed by atoms with Crippen LogP contribution in [0.15, 0.2) is 18.2 Å². The Hall–Kier alpha value is -0.280. The Balaban J connectivity index is 2.00. The van der Waals surface area contributed by atoms with Crippen LogP contribution in [0.3, 0.4) is 0 Å². The minimum atomic E-state index is 0.250. The predicted octanol–water partition coefficient (Wildman–Crippen LogP) is 4.07. The first-order valence-corrected chi connectivity index (χ1v) is 7.07. The third kappa shape index (κ3) is 3.61. The Bertz CT molecular complexity index is 407. The zero-order valence-electron chi connectivity index (χ0n) is 10.7. The maximum atomic E-state index is 6.05. The monoisotopic (exact) mass is 287 g/mol. The molecule has 0 heterocycles. The standard InChI is InChI=1S/C14H19Cl2NO/c1-9(11-5-6-12(15)13(16)7-11)17-14(8-18-2)10-3-4-10/h5-7,9-10,14,17H,3-4,8H2,1-2H3. The summed E-state index contributed by atoms with van der Waals surface area (Å²) in [6.45, 7) is 2.90. The molecule has 1 aromatic rings. The Labute approximate surface area is 119 Å². The van der Waals surface area contributed by atoms with Crippen LogP contribution in [0.4, 0.5) is 0 Å². The van der Waals surface area contributed by atoms with Crippen molar-refractivity contribution < 1.29 is 4.74 Å². The van der Waals surface area contributed by atoms with Gasteiger partial charge in [0.2, 0.25) is 0 Å². The second-order valence-electron chi connectivity index (χ2n) is 4.96. The first-order valence-electron chi connectivity index (χ1n) is 6.31. The smallest absolute Gasteiger partial charge is 0.0618 e. The van der Waals surface area contributed by atoms with Crippen molar-refractivity contribution in [3.8, 4) is 0 Å². The van der Waals surface area contributed by atoms with Crippen molar-refractivity contribution in [2.45, 2.75) is 31.8 Å². The molecule has 100 valence electrons. The summed E-state index contributed by atoms with van der Waals surface area (Å²) in [7, 11) is 1.75. The third-order valence-electron chi connectivity index (χ3n) is 3.45. The van der Waals surface area contributed by atoms with E-state index in [0.29, 0.717) is 16.1 Å². The lowest BCUT2D eigenvalue weighted by atomic mass is 10.1. The fourth-order valence-corrected chi connectivity index (χ4v) is 2.50. The molecule has 1 aliphatic carbocycles. The highest BCUT2D eigenvalue weighted by molar-refractivity contribution is 6.42. The number of benzene rings is 1. The Morgan fingerprint density at radius 3 is 2.61 bits per heavy atom. The largest absolute Gasteiger partial charge is 0.383 e. The summed E-state index contributed by atoms with van der Waals surface area (Å²) in [5.74, 6) is 0.759. The molecular formula is C14H19Cl2NO. The van der Waals surface area contributed by atoms with Crippen LogP contribution in [0.1, 0.15) is 31.4 Å². The van der Waals surface area contributed by atoms with Crippen LogP contribution in [-0.4, -0.2) is 19.8 Å². The first kappa shape index (κ1) is 14.1. The van der Waals surface area contributed by atoms with Gasteiger partial charge in [-0.25, -0.2) is 0 Å². The van der Waals surface area contributed by atoms with Crippen LogP contribution in [0.5, 0.6) is 0 Å². The van der Waals surface area contributed by atoms with Crippen molar-refractivity contribution in [1.82, 2.24) is 5.32 Å². The molecule has 0 bridgehead atoms. The van der Waals surface area contributed by atoms with E-state index in [1.54, 1.807) is 7.11 Å². The highest BCUT2D eigenvalue weighted by Crippen LogP contribution is 2.34. The molecule has 0 aromatic heterocycles. The lowest BCUT2D eigenvalue weighted by Gasteiger charge is -2.23. The summed E-state index contributed by atoms with van der Waals surface area (Å²) >= 11 is 12.0. The first-order chi connectivity index (χ1) is 8.61. The second-order valence-corrected chi connectivity index (χ2v) is 5.78. The van der Waals surface area contributed by atoms with Gasteiger partial charge in [-0.15, -0.1) is 0 Å². The summed E-state index contributed by atoms with van der Waals surface area (Å²) < 4.78 is 5.28. The van der Waals surface area contributed by atoms with Gasteiger partial charge in [0.1, 0.15) is 0 Å². The molecule has 1 saturated carbocycles. The van der Waals surface area contributed by atoms with Crippen molar-refractivity contribution in [3.63, 3.8) is 0 Å². The molecule has 0 aliphatic heterocycles. The van der Waals surface area contributed by atoms with Gasteiger partial charge in [-0.3, -0.25) is 0 Å². The van der Waals surface area contributed by atoms with Gasteiger partial charge in [0, 0.05) is 19.2 Å². The molecule has 0 amide bonds. The van der Waals surface area contributed by atoms with Crippen molar-refractivity contribution in [2.24, 2.45) is 5.92 Å². The van der Waals surface area contributed by atoms with Gasteiger partial charge in [-0.1, -0.05) is 29.3 Å². The SMILES string of the molecule is COCC(NC(C)c1ccc(Cl)c(Cl)c1)C1CC1. The predicted molar refractivity (Wildman–Crippen MR) is 76.4 cm³/mol. The zero-order valence-corrected chi connectivity index (χ0v) is 12.3. The van der Waals surface area contributed by atoms with Gasteiger partial charge >= 0.3 is 0 Å². The van der Waals surface area contributed by atoms with Crippen molar-refractivity contribution in [2.75, 3.05) is 13.7 Å². The minimum Gasteiger partial charge on any atom is -0.383 e. The Morgan fingerprint density at radius 1 is 1.33 bits per heavy atom. The van der Waals surface area contributed by atoms with E-state index in [-0.39, 0.29) is 6.04 Å². The van der Waals surface area contributed by atoms with E-state index < -0.39 is 0 Å². The van der Waals surface area contributed by atoms with E-state index in [9.17, 15) is 0 Å². The molecule has 18 heavy (non-hydrogen) atoms. The summed E-state index contributed by atoms with van der Waals surface area (Å²) in [6, 6.07) is 6.47. The zero-order chi connectivity index (χ0) is 13.1. The second kappa shape index (κ2) is 6.25. The number of hydrogen-bond donors (Lipinski definition) is 1. The topological polar surface area (TPSA) is 21.3 Å². The Kier molecular flexibility index (Phi) is 4.91. The van der Waals surface area contributed by atoms with Gasteiger partial charge in [0.15, 0.2) is 0 Å². The molecule has 1 fully saturated rings. The summed E-state index contributed by atoms with van der Waals surface area (Å²) in [4.78, 5) is 0. The molecule has 0 saturated heterocycles. The molecule has 4 heteroatoms. The number of rotatable bonds is 6. The fraction of sp³-hybridized carbons (Fsp3) is 0.571. The highest BCUT2D eigenvalue weighted by atomic mass is 35.5. The number of hydrogen-bond acceptors (Lipinski definition) is 2. The van der Waals surface area contributed by atoms with E-state index in [2.05, 4.69) is 12.2 Å². The van der Waals surface area contributed by atoms with Crippen molar-refractivity contribution in [3.05, 3.63) is 33.8 Å². The molecular weight excluding hydrogens is 269 g/mol. The van der Waals surface area contributed by atoms with E-state index in [0.717, 1.165) is 18.1 Å². The van der Waals surface area contributed by atoms with Crippen LogP contribution in [0, 0.1) is 5.92 Å². The van der Waals surface area contributed by atoms with Crippen LogP contribution in [-0.2, 0) is 4.74 Å². The molecule has 2 unspecified atom stereocenters. The van der Waals surface area contributed by atoms with Gasteiger partial charge in [0.25, 0.3) is 0 Å². The van der Waals surface area contributed by atoms with Crippen LogP contribution < -0.4 is 5.32 Å². The fourth-order valence-electron chi connectivity index (χ4n) is 2.20. The summed E-state index contributed by atoms with van der Waals surface area (Å²) in [5.41, 5.74) is 1.16. The summed E-state index contributed by atoms with van der Waals surface area (Å²) in [6.07, 6.45) is 2.60. The third-order valence-corrected chi connectivity index (χ3v) is 4.18. The lowest BCUT2D eigenvalue weighted by Crippen LogP contribution is -2.36. The number of methoxy groups -OCH3 is 1.